The summed E-state index contributed by atoms with van der Waals surface area (Å²) in [6.07, 6.45) is 5.17. The highest BCUT2D eigenvalue weighted by Crippen LogP contribution is 2.36. The highest BCUT2D eigenvalue weighted by molar-refractivity contribution is 6.65. The maximum Gasteiger partial charge on any atom is 0.499 e. The molecule has 1 aromatic rings. The molecular weight excluding hydrogens is 290 g/mol. The number of ether oxygens (including phenoxy) is 1. The first-order chi connectivity index (χ1) is 9.78. The molecule has 2 fully saturated rings. The molecule has 3 rings (SSSR count). The van der Waals surface area contributed by atoms with Crippen LogP contribution in [0, 0.1) is 0 Å². The third-order valence-corrected chi connectivity index (χ3v) is 4.88. The molecule has 0 spiro atoms. The van der Waals surface area contributed by atoms with Crippen LogP contribution in [0.2, 0.25) is 5.15 Å². The lowest BCUT2D eigenvalue weighted by Gasteiger charge is -2.32. The normalized spacial score (nSPS) is 24.0. The molecule has 0 amide bonds. The van der Waals surface area contributed by atoms with E-state index >= 15 is 0 Å². The molecule has 1 aromatic heterocycles. The third kappa shape index (κ3) is 2.76. The Morgan fingerprint density at radius 1 is 1.24 bits per heavy atom. The fraction of sp³-hybridized carbons (Fsp3) is 0.714. The average Bonchev–Trinajstić information content (AvgIpc) is 2.53. The van der Waals surface area contributed by atoms with Crippen molar-refractivity contribution in [2.24, 2.45) is 0 Å². The zero-order valence-electron chi connectivity index (χ0n) is 12.9. The maximum absolute atomic E-state index is 6.25. The Hall–Kier alpha value is -0.845. The van der Waals surface area contributed by atoms with Crippen LogP contribution < -0.4 is 10.2 Å². The molecule has 21 heavy (non-hydrogen) atoms. The number of aromatic nitrogens is 2. The van der Waals surface area contributed by atoms with Crippen molar-refractivity contribution in [3.63, 3.8) is 0 Å². The van der Waals surface area contributed by atoms with E-state index in [-0.39, 0.29) is 6.10 Å². The van der Waals surface area contributed by atoms with Crippen LogP contribution in [0.25, 0.3) is 0 Å². The van der Waals surface area contributed by atoms with Crippen molar-refractivity contribution < 1.29 is 14.0 Å². The van der Waals surface area contributed by atoms with E-state index in [2.05, 4.69) is 9.97 Å². The van der Waals surface area contributed by atoms with Crippen LogP contribution >= 0.6 is 11.6 Å². The van der Waals surface area contributed by atoms with E-state index in [4.69, 9.17) is 25.6 Å². The predicted octanol–water partition coefficient (Wildman–Crippen LogP) is 2.36. The molecular formula is C14H20BClN2O3. The molecule has 1 saturated carbocycles. The van der Waals surface area contributed by atoms with E-state index in [0.717, 1.165) is 12.8 Å². The van der Waals surface area contributed by atoms with Crippen molar-refractivity contribution in [2.45, 2.75) is 64.3 Å². The summed E-state index contributed by atoms with van der Waals surface area (Å²) in [6.45, 7) is 7.98. The number of rotatable bonds is 3. The Balaban J connectivity index is 1.77. The lowest BCUT2D eigenvalue weighted by atomic mass is 9.81. The molecule has 0 atom stereocenters. The molecule has 0 N–H and O–H groups in total. The Morgan fingerprint density at radius 3 is 2.33 bits per heavy atom. The lowest BCUT2D eigenvalue weighted by molar-refractivity contribution is 0.00578. The van der Waals surface area contributed by atoms with Gasteiger partial charge in [0.25, 0.3) is 0 Å². The minimum atomic E-state index is -0.555. The van der Waals surface area contributed by atoms with Gasteiger partial charge in [0.15, 0.2) is 0 Å². The number of hydrogen-bond donors (Lipinski definition) is 0. The maximum atomic E-state index is 6.25. The van der Waals surface area contributed by atoms with Gasteiger partial charge < -0.3 is 14.0 Å². The first kappa shape index (κ1) is 15.1. The van der Waals surface area contributed by atoms with Crippen molar-refractivity contribution in [3.05, 3.63) is 11.3 Å². The van der Waals surface area contributed by atoms with Gasteiger partial charge in [-0.25, -0.2) is 4.98 Å². The summed E-state index contributed by atoms with van der Waals surface area (Å²) in [5, 5.41) is 0.317. The second-order valence-corrected chi connectivity index (χ2v) is 7.02. The Bertz CT molecular complexity index is 533. The van der Waals surface area contributed by atoms with E-state index in [1.54, 1.807) is 6.20 Å². The largest absolute Gasteiger partial charge is 0.499 e. The summed E-state index contributed by atoms with van der Waals surface area (Å²) < 4.78 is 17.6. The summed E-state index contributed by atoms with van der Waals surface area (Å²) in [4.78, 5) is 8.43. The second kappa shape index (κ2) is 5.11. The number of halogens is 1. The fourth-order valence-electron chi connectivity index (χ4n) is 2.18. The van der Waals surface area contributed by atoms with E-state index in [1.165, 1.54) is 6.42 Å². The van der Waals surface area contributed by atoms with Crippen molar-refractivity contribution in [3.8, 4) is 6.01 Å². The molecule has 0 bridgehead atoms. The van der Waals surface area contributed by atoms with Crippen LogP contribution in [0.4, 0.5) is 0 Å². The Labute approximate surface area is 130 Å². The molecule has 0 aromatic carbocycles. The topological polar surface area (TPSA) is 53.5 Å². The van der Waals surface area contributed by atoms with E-state index < -0.39 is 18.3 Å². The molecule has 0 unspecified atom stereocenters. The zero-order valence-corrected chi connectivity index (χ0v) is 13.6. The molecule has 2 heterocycles. The molecule has 2 aliphatic rings. The van der Waals surface area contributed by atoms with Gasteiger partial charge in [0, 0.05) is 11.7 Å². The summed E-state index contributed by atoms with van der Waals surface area (Å²) >= 11 is 6.25. The fourth-order valence-corrected chi connectivity index (χ4v) is 2.39. The quantitative estimate of drug-likeness (QED) is 0.633. The van der Waals surface area contributed by atoms with E-state index in [9.17, 15) is 0 Å². The van der Waals surface area contributed by atoms with Gasteiger partial charge in [-0.15, -0.1) is 0 Å². The Kier molecular flexibility index (Phi) is 3.67. The monoisotopic (exact) mass is 310 g/mol. The van der Waals surface area contributed by atoms with Crippen LogP contribution in [-0.4, -0.2) is 34.4 Å². The minimum Gasteiger partial charge on any atom is -0.460 e. The molecule has 1 aliphatic heterocycles. The number of hydrogen-bond acceptors (Lipinski definition) is 5. The van der Waals surface area contributed by atoms with Crippen LogP contribution in [0.15, 0.2) is 6.20 Å². The van der Waals surface area contributed by atoms with E-state index in [0.29, 0.717) is 16.6 Å². The van der Waals surface area contributed by atoms with Gasteiger partial charge in [0.2, 0.25) is 0 Å². The first-order valence-corrected chi connectivity index (χ1v) is 7.71. The molecule has 0 radical (unpaired) electrons. The standard InChI is InChI=1S/C14H20BClN2O3/c1-13(2)14(3,4)21-15(20-13)10-8-17-12(18-11(10)16)19-9-6-5-7-9/h8-9H,5-7H2,1-4H3. The van der Waals surface area contributed by atoms with Crippen LogP contribution in [0.5, 0.6) is 6.01 Å². The smallest absolute Gasteiger partial charge is 0.460 e. The summed E-state index contributed by atoms with van der Waals surface area (Å²) in [6, 6.07) is 0.324. The van der Waals surface area contributed by atoms with Crippen LogP contribution in [0.1, 0.15) is 47.0 Å². The Morgan fingerprint density at radius 2 is 1.86 bits per heavy atom. The van der Waals surface area contributed by atoms with Crippen molar-refractivity contribution in [1.29, 1.82) is 0 Å². The second-order valence-electron chi connectivity index (χ2n) is 6.66. The van der Waals surface area contributed by atoms with Crippen molar-refractivity contribution >= 4 is 24.2 Å². The molecule has 7 heteroatoms. The molecule has 1 saturated heterocycles. The van der Waals surface area contributed by atoms with Gasteiger partial charge in [-0.1, -0.05) is 11.6 Å². The van der Waals surface area contributed by atoms with Gasteiger partial charge in [0.1, 0.15) is 11.3 Å². The highest BCUT2D eigenvalue weighted by atomic mass is 35.5. The van der Waals surface area contributed by atoms with Gasteiger partial charge in [-0.3, -0.25) is 0 Å². The van der Waals surface area contributed by atoms with Crippen molar-refractivity contribution in [2.75, 3.05) is 0 Å². The van der Waals surface area contributed by atoms with E-state index in [1.807, 2.05) is 27.7 Å². The predicted molar refractivity (Wildman–Crippen MR) is 81.0 cm³/mol. The lowest BCUT2D eigenvalue weighted by Crippen LogP contribution is -2.41. The summed E-state index contributed by atoms with van der Waals surface area (Å²) in [5.41, 5.74) is -0.194. The molecule has 5 nitrogen and oxygen atoms in total. The first-order valence-electron chi connectivity index (χ1n) is 7.33. The highest BCUT2D eigenvalue weighted by Gasteiger charge is 2.52. The van der Waals surface area contributed by atoms with Gasteiger partial charge in [-0.2, -0.15) is 4.98 Å². The third-order valence-electron chi connectivity index (χ3n) is 4.58. The zero-order chi connectivity index (χ0) is 15.3. The average molecular weight is 311 g/mol. The van der Waals surface area contributed by atoms with Crippen molar-refractivity contribution in [1.82, 2.24) is 9.97 Å². The van der Waals surface area contributed by atoms with Crippen LogP contribution in [0.3, 0.4) is 0 Å². The number of nitrogens with zero attached hydrogens (tertiary/aromatic N) is 2. The molecule has 114 valence electrons. The summed E-state index contributed by atoms with van der Waals surface area (Å²) in [5.74, 6) is 0. The minimum absolute atomic E-state index is 0.226. The van der Waals surface area contributed by atoms with Crippen LogP contribution in [-0.2, 0) is 9.31 Å². The van der Waals surface area contributed by atoms with Gasteiger partial charge in [0.05, 0.1) is 11.2 Å². The van der Waals surface area contributed by atoms with Gasteiger partial charge >= 0.3 is 13.1 Å². The molecule has 1 aliphatic carbocycles. The summed E-state index contributed by atoms with van der Waals surface area (Å²) in [7, 11) is -0.555. The SMILES string of the molecule is CC1(C)OB(c2cnc(OC3CCC3)nc2Cl)OC1(C)C. The van der Waals surface area contributed by atoms with Gasteiger partial charge in [-0.05, 0) is 47.0 Å².